The van der Waals surface area contributed by atoms with Crippen molar-refractivity contribution >= 4 is 11.6 Å². The maximum absolute atomic E-state index is 13.2. The van der Waals surface area contributed by atoms with Gasteiger partial charge >= 0.3 is 0 Å². The van der Waals surface area contributed by atoms with Gasteiger partial charge in [0.1, 0.15) is 5.82 Å². The Morgan fingerprint density at radius 3 is 2.79 bits per heavy atom. The average molecular weight is 211 g/mol. The topological polar surface area (TPSA) is 0 Å². The van der Waals surface area contributed by atoms with E-state index in [1.54, 1.807) is 12.1 Å². The predicted molar refractivity (Wildman–Crippen MR) is 57.8 cm³/mol. The van der Waals surface area contributed by atoms with Crippen molar-refractivity contribution in [3.05, 3.63) is 34.6 Å². The first-order valence-corrected chi connectivity index (χ1v) is 5.02. The van der Waals surface area contributed by atoms with Crippen LogP contribution in [0.15, 0.2) is 18.2 Å². The maximum atomic E-state index is 13.2. The molecule has 14 heavy (non-hydrogen) atoms. The van der Waals surface area contributed by atoms with E-state index in [0.29, 0.717) is 23.4 Å². The van der Waals surface area contributed by atoms with Crippen molar-refractivity contribution in [2.24, 2.45) is 0 Å². The van der Waals surface area contributed by atoms with E-state index in [0.717, 1.165) is 6.42 Å². The standard InChI is InChI=1S/C12H12ClF/c1-2-3-4-5-7-10-11(13)8-6-9-12(10)14/h6,8-9H,2,5,7H2,1H3. The van der Waals surface area contributed by atoms with Crippen LogP contribution < -0.4 is 0 Å². The third kappa shape index (κ3) is 3.05. The van der Waals surface area contributed by atoms with E-state index >= 15 is 0 Å². The minimum Gasteiger partial charge on any atom is -0.207 e. The summed E-state index contributed by atoms with van der Waals surface area (Å²) in [4.78, 5) is 0. The molecule has 0 saturated carbocycles. The Balaban J connectivity index is 2.66. The highest BCUT2D eigenvalue weighted by molar-refractivity contribution is 6.31. The van der Waals surface area contributed by atoms with Gasteiger partial charge in [0.25, 0.3) is 0 Å². The normalized spacial score (nSPS) is 9.36. The molecule has 0 nitrogen and oxygen atoms in total. The van der Waals surface area contributed by atoms with Gasteiger partial charge in [-0.15, -0.1) is 11.8 Å². The summed E-state index contributed by atoms with van der Waals surface area (Å²) in [6, 6.07) is 4.74. The molecular weight excluding hydrogens is 199 g/mol. The number of hydrogen-bond acceptors (Lipinski definition) is 0. The number of rotatable bonds is 2. The van der Waals surface area contributed by atoms with Crippen LogP contribution in [-0.4, -0.2) is 0 Å². The van der Waals surface area contributed by atoms with Crippen LogP contribution in [-0.2, 0) is 6.42 Å². The minimum atomic E-state index is -0.240. The molecule has 1 aromatic carbocycles. The van der Waals surface area contributed by atoms with E-state index < -0.39 is 0 Å². The van der Waals surface area contributed by atoms with Gasteiger partial charge in [0, 0.05) is 23.4 Å². The number of halogens is 2. The van der Waals surface area contributed by atoms with E-state index in [9.17, 15) is 4.39 Å². The van der Waals surface area contributed by atoms with Crippen molar-refractivity contribution in [3.63, 3.8) is 0 Å². The summed E-state index contributed by atoms with van der Waals surface area (Å²) in [7, 11) is 0. The average Bonchev–Trinajstić information content (AvgIpc) is 2.16. The van der Waals surface area contributed by atoms with Gasteiger partial charge in [0.15, 0.2) is 0 Å². The summed E-state index contributed by atoms with van der Waals surface area (Å²) in [5, 5.41) is 0.489. The van der Waals surface area contributed by atoms with E-state index in [2.05, 4.69) is 11.8 Å². The van der Waals surface area contributed by atoms with Crippen molar-refractivity contribution in [1.29, 1.82) is 0 Å². The molecule has 0 bridgehead atoms. The van der Waals surface area contributed by atoms with Gasteiger partial charge in [-0.3, -0.25) is 0 Å². The van der Waals surface area contributed by atoms with Crippen molar-refractivity contribution in [3.8, 4) is 11.8 Å². The van der Waals surface area contributed by atoms with E-state index in [4.69, 9.17) is 11.6 Å². The molecule has 0 aliphatic carbocycles. The lowest BCUT2D eigenvalue weighted by atomic mass is 10.1. The minimum absolute atomic E-state index is 0.240. The van der Waals surface area contributed by atoms with Crippen molar-refractivity contribution in [1.82, 2.24) is 0 Å². The van der Waals surface area contributed by atoms with Crippen LogP contribution >= 0.6 is 11.6 Å². The highest BCUT2D eigenvalue weighted by atomic mass is 35.5. The van der Waals surface area contributed by atoms with Crippen LogP contribution in [0.3, 0.4) is 0 Å². The summed E-state index contributed by atoms with van der Waals surface area (Å²) in [5.74, 6) is 5.66. The van der Waals surface area contributed by atoms with Crippen LogP contribution in [0.25, 0.3) is 0 Å². The van der Waals surface area contributed by atoms with Crippen LogP contribution in [0.2, 0.25) is 5.02 Å². The smallest absolute Gasteiger partial charge is 0.127 e. The predicted octanol–water partition coefficient (Wildman–Crippen LogP) is 3.83. The molecule has 1 rings (SSSR count). The van der Waals surface area contributed by atoms with E-state index in [-0.39, 0.29) is 5.82 Å². The summed E-state index contributed by atoms with van der Waals surface area (Å²) in [5.41, 5.74) is 0.569. The van der Waals surface area contributed by atoms with Crippen molar-refractivity contribution in [2.75, 3.05) is 0 Å². The largest absolute Gasteiger partial charge is 0.207 e. The second kappa shape index (κ2) is 5.67. The third-order valence-electron chi connectivity index (χ3n) is 1.86. The second-order valence-electron chi connectivity index (χ2n) is 2.91. The van der Waals surface area contributed by atoms with E-state index in [1.807, 2.05) is 6.92 Å². The highest BCUT2D eigenvalue weighted by Crippen LogP contribution is 2.19. The highest BCUT2D eigenvalue weighted by Gasteiger charge is 2.04. The molecule has 0 heterocycles. The van der Waals surface area contributed by atoms with Crippen LogP contribution in [0.5, 0.6) is 0 Å². The van der Waals surface area contributed by atoms with Crippen LogP contribution in [0, 0.1) is 17.7 Å². The Kier molecular flexibility index (Phi) is 4.49. The Morgan fingerprint density at radius 1 is 1.36 bits per heavy atom. The molecule has 0 amide bonds. The molecule has 0 saturated heterocycles. The molecule has 0 N–H and O–H groups in total. The summed E-state index contributed by atoms with van der Waals surface area (Å²) >= 11 is 5.85. The fraction of sp³-hybridized carbons (Fsp3) is 0.333. The Bertz CT molecular complexity index is 340. The van der Waals surface area contributed by atoms with Gasteiger partial charge in [0.05, 0.1) is 0 Å². The van der Waals surface area contributed by atoms with Gasteiger partial charge in [0.2, 0.25) is 0 Å². The van der Waals surface area contributed by atoms with Gasteiger partial charge in [-0.05, 0) is 18.6 Å². The number of hydrogen-bond donors (Lipinski definition) is 0. The fourth-order valence-corrected chi connectivity index (χ4v) is 1.43. The lowest BCUT2D eigenvalue weighted by molar-refractivity contribution is 0.610. The molecule has 0 aliphatic heterocycles. The molecule has 0 spiro atoms. The van der Waals surface area contributed by atoms with Crippen LogP contribution in [0.1, 0.15) is 25.3 Å². The van der Waals surface area contributed by atoms with Crippen molar-refractivity contribution in [2.45, 2.75) is 26.2 Å². The van der Waals surface area contributed by atoms with Crippen LogP contribution in [0.4, 0.5) is 4.39 Å². The monoisotopic (exact) mass is 210 g/mol. The summed E-state index contributed by atoms with van der Waals surface area (Å²) < 4.78 is 13.2. The SMILES string of the molecule is CCC#CCCc1c(F)cccc1Cl. The molecule has 2 heteroatoms. The molecule has 0 radical (unpaired) electrons. The lowest BCUT2D eigenvalue weighted by Gasteiger charge is -2.02. The van der Waals surface area contributed by atoms with Gasteiger partial charge in [-0.1, -0.05) is 24.6 Å². The fourth-order valence-electron chi connectivity index (χ4n) is 1.17. The van der Waals surface area contributed by atoms with Crippen molar-refractivity contribution < 1.29 is 4.39 Å². The molecule has 0 atom stereocenters. The first-order chi connectivity index (χ1) is 6.75. The zero-order chi connectivity index (χ0) is 10.4. The number of benzene rings is 1. The second-order valence-corrected chi connectivity index (χ2v) is 3.31. The zero-order valence-corrected chi connectivity index (χ0v) is 8.87. The molecule has 0 fully saturated rings. The lowest BCUT2D eigenvalue weighted by Crippen LogP contribution is -1.90. The summed E-state index contributed by atoms with van der Waals surface area (Å²) in [6.45, 7) is 1.99. The first kappa shape index (κ1) is 11.1. The van der Waals surface area contributed by atoms with Gasteiger partial charge < -0.3 is 0 Å². The third-order valence-corrected chi connectivity index (χ3v) is 2.22. The molecule has 74 valence electrons. The molecule has 0 aromatic heterocycles. The molecule has 1 aromatic rings. The molecule has 0 unspecified atom stereocenters. The quantitative estimate of drug-likeness (QED) is 0.651. The summed E-state index contributed by atoms with van der Waals surface area (Å²) in [6.07, 6.45) is 2.08. The maximum Gasteiger partial charge on any atom is 0.127 e. The molecular formula is C12H12ClF. The Hall–Kier alpha value is -1.00. The molecule has 0 aliphatic rings. The van der Waals surface area contributed by atoms with Gasteiger partial charge in [-0.2, -0.15) is 0 Å². The zero-order valence-electron chi connectivity index (χ0n) is 8.11. The van der Waals surface area contributed by atoms with E-state index in [1.165, 1.54) is 6.07 Å². The Labute approximate surface area is 89.1 Å². The first-order valence-electron chi connectivity index (χ1n) is 4.64. The van der Waals surface area contributed by atoms with Gasteiger partial charge in [-0.25, -0.2) is 4.39 Å². The Morgan fingerprint density at radius 2 is 2.14 bits per heavy atom.